The smallest absolute Gasteiger partial charge is 0.407 e. The molecule has 1 aromatic heterocycles. The van der Waals surface area contributed by atoms with Gasteiger partial charge >= 0.3 is 6.09 Å². The van der Waals surface area contributed by atoms with Crippen LogP contribution in [0.15, 0.2) is 30.5 Å². The molecule has 2 amide bonds. The van der Waals surface area contributed by atoms with Crippen molar-refractivity contribution in [2.24, 2.45) is 0 Å². The largest absolute Gasteiger partial charge is 0.488 e. The van der Waals surface area contributed by atoms with Gasteiger partial charge in [-0.05, 0) is 19.1 Å². The fourth-order valence-electron chi connectivity index (χ4n) is 3.82. The van der Waals surface area contributed by atoms with Gasteiger partial charge in [-0.1, -0.05) is 6.07 Å². The Kier molecular flexibility index (Phi) is 5.79. The van der Waals surface area contributed by atoms with Crippen LogP contribution in [0.3, 0.4) is 0 Å². The summed E-state index contributed by atoms with van der Waals surface area (Å²) in [5, 5.41) is 12.2. The molecule has 1 saturated heterocycles. The lowest BCUT2D eigenvalue weighted by Gasteiger charge is -2.22. The third-order valence-corrected chi connectivity index (χ3v) is 5.45. The maximum atomic E-state index is 13.3. The molecule has 1 unspecified atom stereocenters. The van der Waals surface area contributed by atoms with E-state index >= 15 is 0 Å². The number of rotatable bonds is 5. The van der Waals surface area contributed by atoms with E-state index in [4.69, 9.17) is 9.84 Å². The quantitative estimate of drug-likeness (QED) is 0.748. The SMILES string of the molecule is CCNc1ncc2c(n1)N(C)CCN(c1cccc(OC3CCN(C(=O)O)C3)c1)C2=O. The Balaban J connectivity index is 1.55. The molecule has 2 N–H and O–H groups in total. The minimum atomic E-state index is -0.933. The number of benzene rings is 1. The van der Waals surface area contributed by atoms with Crippen molar-refractivity contribution in [2.75, 3.05) is 54.9 Å². The number of aromatic nitrogens is 2. The van der Waals surface area contributed by atoms with Gasteiger partial charge in [0.2, 0.25) is 5.95 Å². The fourth-order valence-corrected chi connectivity index (χ4v) is 3.82. The number of ether oxygens (including phenoxy) is 1. The zero-order valence-electron chi connectivity index (χ0n) is 17.6. The molecule has 0 saturated carbocycles. The van der Waals surface area contributed by atoms with Crippen LogP contribution in [0.1, 0.15) is 23.7 Å². The van der Waals surface area contributed by atoms with Crippen molar-refractivity contribution in [3.05, 3.63) is 36.0 Å². The Morgan fingerprint density at radius 3 is 2.90 bits per heavy atom. The van der Waals surface area contributed by atoms with Gasteiger partial charge in [0.1, 0.15) is 23.2 Å². The summed E-state index contributed by atoms with van der Waals surface area (Å²) >= 11 is 0. The molecule has 3 heterocycles. The average molecular weight is 426 g/mol. The van der Waals surface area contributed by atoms with Gasteiger partial charge in [-0.3, -0.25) is 4.79 Å². The summed E-state index contributed by atoms with van der Waals surface area (Å²) in [4.78, 5) is 38.2. The Labute approximate surface area is 180 Å². The van der Waals surface area contributed by atoms with Crippen LogP contribution >= 0.6 is 0 Å². The molecule has 2 aliphatic rings. The van der Waals surface area contributed by atoms with E-state index in [1.54, 1.807) is 11.1 Å². The monoisotopic (exact) mass is 426 g/mol. The molecule has 2 aliphatic heterocycles. The summed E-state index contributed by atoms with van der Waals surface area (Å²) in [5.74, 6) is 1.54. The summed E-state index contributed by atoms with van der Waals surface area (Å²) in [5.41, 5.74) is 1.16. The van der Waals surface area contributed by atoms with Crippen molar-refractivity contribution >= 4 is 29.5 Å². The Bertz CT molecular complexity index is 984. The van der Waals surface area contributed by atoms with Gasteiger partial charge < -0.3 is 29.9 Å². The zero-order chi connectivity index (χ0) is 22.0. The first kappa shape index (κ1) is 20.7. The highest BCUT2D eigenvalue weighted by Crippen LogP contribution is 2.29. The van der Waals surface area contributed by atoms with E-state index < -0.39 is 6.09 Å². The number of likely N-dealkylation sites (tertiary alicyclic amines) is 1. The van der Waals surface area contributed by atoms with Crippen LogP contribution in [0.25, 0.3) is 0 Å². The van der Waals surface area contributed by atoms with E-state index in [1.807, 2.05) is 43.1 Å². The number of carboxylic acid groups (broad SMARTS) is 1. The topological polar surface area (TPSA) is 111 Å². The number of anilines is 3. The second-order valence-corrected chi connectivity index (χ2v) is 7.59. The summed E-state index contributed by atoms with van der Waals surface area (Å²) in [7, 11) is 1.91. The van der Waals surface area contributed by atoms with E-state index in [0.717, 1.165) is 0 Å². The lowest BCUT2D eigenvalue weighted by Crippen LogP contribution is -2.33. The molecule has 2 aromatic rings. The number of likely N-dealkylation sites (N-methyl/N-ethyl adjacent to an activating group) is 1. The van der Waals surface area contributed by atoms with Crippen molar-refractivity contribution < 1.29 is 19.4 Å². The molecule has 1 aromatic carbocycles. The van der Waals surface area contributed by atoms with Crippen molar-refractivity contribution in [3.8, 4) is 5.75 Å². The number of hydrogen-bond donors (Lipinski definition) is 2. The number of carbonyl (C=O) groups excluding carboxylic acids is 1. The Morgan fingerprint density at radius 2 is 2.16 bits per heavy atom. The highest BCUT2D eigenvalue weighted by molar-refractivity contribution is 6.09. The van der Waals surface area contributed by atoms with E-state index in [0.29, 0.717) is 67.9 Å². The molecule has 164 valence electrons. The van der Waals surface area contributed by atoms with Crippen molar-refractivity contribution in [1.82, 2.24) is 14.9 Å². The molecule has 31 heavy (non-hydrogen) atoms. The molecule has 0 spiro atoms. The van der Waals surface area contributed by atoms with Crippen molar-refractivity contribution in [2.45, 2.75) is 19.4 Å². The van der Waals surface area contributed by atoms with E-state index in [2.05, 4.69) is 15.3 Å². The zero-order valence-corrected chi connectivity index (χ0v) is 17.6. The van der Waals surface area contributed by atoms with Gasteiger partial charge in [0, 0.05) is 57.6 Å². The first-order chi connectivity index (χ1) is 15.0. The van der Waals surface area contributed by atoms with Crippen molar-refractivity contribution in [3.63, 3.8) is 0 Å². The molecule has 10 nitrogen and oxygen atoms in total. The summed E-state index contributed by atoms with van der Waals surface area (Å²) in [6.45, 7) is 4.56. The molecule has 1 fully saturated rings. The van der Waals surface area contributed by atoms with E-state index in [9.17, 15) is 9.59 Å². The van der Waals surface area contributed by atoms with Gasteiger partial charge in [0.25, 0.3) is 5.91 Å². The molecule has 10 heteroatoms. The predicted molar refractivity (Wildman–Crippen MR) is 116 cm³/mol. The van der Waals surface area contributed by atoms with Crippen LogP contribution in [0.5, 0.6) is 5.75 Å². The molecule has 1 atom stereocenters. The van der Waals surface area contributed by atoms with Gasteiger partial charge in [0.05, 0.1) is 6.54 Å². The van der Waals surface area contributed by atoms with Gasteiger partial charge in [-0.25, -0.2) is 9.78 Å². The normalized spacial score (nSPS) is 18.6. The summed E-state index contributed by atoms with van der Waals surface area (Å²) in [6.07, 6.45) is 1.08. The Hall–Kier alpha value is -3.56. The molecule has 0 aliphatic carbocycles. The standard InChI is InChI=1S/C21H26N6O4/c1-3-22-20-23-12-17-18(24-20)25(2)9-10-27(19(17)28)14-5-4-6-15(11-14)31-16-7-8-26(13-16)21(29)30/h4-6,11-12,16H,3,7-10,13H2,1-2H3,(H,29,30)(H,22,23,24). The number of nitrogens with one attached hydrogen (secondary N) is 1. The molecular formula is C21H26N6O4. The van der Waals surface area contributed by atoms with Crippen LogP contribution in [0, 0.1) is 0 Å². The van der Waals surface area contributed by atoms with Crippen LogP contribution in [0.4, 0.5) is 22.2 Å². The number of hydrogen-bond acceptors (Lipinski definition) is 7. The maximum absolute atomic E-state index is 13.3. The maximum Gasteiger partial charge on any atom is 0.407 e. The van der Waals surface area contributed by atoms with E-state index in [1.165, 1.54) is 4.90 Å². The fraction of sp³-hybridized carbons (Fsp3) is 0.429. The first-order valence-corrected chi connectivity index (χ1v) is 10.3. The third-order valence-electron chi connectivity index (χ3n) is 5.45. The number of amides is 2. The summed E-state index contributed by atoms with van der Waals surface area (Å²) < 4.78 is 6.00. The molecule has 0 radical (unpaired) electrons. The first-order valence-electron chi connectivity index (χ1n) is 10.3. The van der Waals surface area contributed by atoms with Crippen LogP contribution in [-0.4, -0.2) is 77.9 Å². The predicted octanol–water partition coefficient (Wildman–Crippen LogP) is 2.14. The second kappa shape index (κ2) is 8.66. The minimum absolute atomic E-state index is 0.169. The van der Waals surface area contributed by atoms with Gasteiger partial charge in [-0.15, -0.1) is 0 Å². The lowest BCUT2D eigenvalue weighted by molar-refractivity contribution is 0.0989. The Morgan fingerprint density at radius 1 is 1.32 bits per heavy atom. The lowest BCUT2D eigenvalue weighted by atomic mass is 10.2. The van der Waals surface area contributed by atoms with Crippen LogP contribution in [0.2, 0.25) is 0 Å². The third kappa shape index (κ3) is 4.32. The second-order valence-electron chi connectivity index (χ2n) is 7.59. The molecular weight excluding hydrogens is 400 g/mol. The minimum Gasteiger partial charge on any atom is -0.488 e. The van der Waals surface area contributed by atoms with Gasteiger partial charge in [-0.2, -0.15) is 4.98 Å². The highest BCUT2D eigenvalue weighted by Gasteiger charge is 2.29. The molecule has 0 bridgehead atoms. The number of carbonyl (C=O) groups is 2. The highest BCUT2D eigenvalue weighted by atomic mass is 16.5. The van der Waals surface area contributed by atoms with Crippen LogP contribution in [-0.2, 0) is 0 Å². The molecule has 4 rings (SSSR count). The van der Waals surface area contributed by atoms with Crippen molar-refractivity contribution in [1.29, 1.82) is 0 Å². The number of nitrogens with zero attached hydrogens (tertiary/aromatic N) is 5. The average Bonchev–Trinajstić information content (AvgIpc) is 3.18. The summed E-state index contributed by atoms with van der Waals surface area (Å²) in [6, 6.07) is 7.34. The number of fused-ring (bicyclic) bond motifs is 1. The van der Waals surface area contributed by atoms with Crippen LogP contribution < -0.4 is 19.9 Å². The van der Waals surface area contributed by atoms with Gasteiger partial charge in [0.15, 0.2) is 0 Å². The van der Waals surface area contributed by atoms with E-state index in [-0.39, 0.29) is 12.0 Å².